The third-order valence-corrected chi connectivity index (χ3v) is 7.53. The molecule has 0 radical (unpaired) electrons. The minimum absolute atomic E-state index is 0. The van der Waals surface area contributed by atoms with Gasteiger partial charge in [0.2, 0.25) is 5.91 Å². The molecule has 0 unspecified atom stereocenters. The molecule has 2 aromatic carbocycles. The molecular weight excluding hydrogens is 412 g/mol. The maximum absolute atomic E-state index is 13.2. The number of carbonyl (C=O) groups is 2. The van der Waals surface area contributed by atoms with Gasteiger partial charge < -0.3 is 15.8 Å². The lowest BCUT2D eigenvalue weighted by Crippen LogP contribution is -2.47. The van der Waals surface area contributed by atoms with Crippen LogP contribution in [0.2, 0.25) is 0 Å². The van der Waals surface area contributed by atoms with Gasteiger partial charge in [-0.2, -0.15) is 0 Å². The Kier molecular flexibility index (Phi) is 8.90. The van der Waals surface area contributed by atoms with Crippen molar-refractivity contribution in [2.75, 3.05) is 6.54 Å². The summed E-state index contributed by atoms with van der Waals surface area (Å²) in [4.78, 5) is 26.2. The molecule has 0 bridgehead atoms. The number of nitrogens with one attached hydrogen (secondary N) is 1. The molecule has 3 rings (SSSR count). The first-order valence-corrected chi connectivity index (χ1v) is 12.6. The molecule has 0 heterocycles. The molecule has 184 valence electrons. The lowest BCUT2D eigenvalue weighted by Gasteiger charge is -2.31. The van der Waals surface area contributed by atoms with Crippen LogP contribution in [0.15, 0.2) is 42.5 Å². The molecular formula is C28H44N2O3. The Hall–Kier alpha value is -2.40. The third-order valence-electron chi connectivity index (χ3n) is 7.53. The van der Waals surface area contributed by atoms with E-state index in [-0.39, 0.29) is 20.6 Å². The van der Waals surface area contributed by atoms with Crippen LogP contribution in [-0.4, -0.2) is 30.1 Å². The third kappa shape index (κ3) is 6.80. The maximum atomic E-state index is 13.2. The van der Waals surface area contributed by atoms with Crippen LogP contribution in [0.3, 0.4) is 0 Å². The molecule has 1 fully saturated rings. The summed E-state index contributed by atoms with van der Waals surface area (Å²) in [6.07, 6.45) is 6.32. The minimum Gasteiger partial charge on any atom is -0.458 e. The molecule has 5 nitrogen and oxygen atoms in total. The summed E-state index contributed by atoms with van der Waals surface area (Å²) < 4.78 is 5.91. The molecule has 1 saturated carbocycles. The summed E-state index contributed by atoms with van der Waals surface area (Å²) in [6, 6.07) is 14.0. The number of hydrogen-bond donors (Lipinski definition) is 2. The van der Waals surface area contributed by atoms with E-state index in [1.54, 1.807) is 0 Å². The van der Waals surface area contributed by atoms with E-state index in [4.69, 9.17) is 10.5 Å². The molecule has 0 aliphatic heterocycles. The van der Waals surface area contributed by atoms with Gasteiger partial charge in [0.1, 0.15) is 11.6 Å². The van der Waals surface area contributed by atoms with Crippen LogP contribution in [-0.2, 0) is 20.7 Å². The molecule has 33 heavy (non-hydrogen) atoms. The fraction of sp³-hybridized carbons (Fsp3) is 0.571. The molecule has 2 aromatic rings. The van der Waals surface area contributed by atoms with Gasteiger partial charge in [-0.15, -0.1) is 0 Å². The Morgan fingerprint density at radius 2 is 1.76 bits per heavy atom. The van der Waals surface area contributed by atoms with E-state index in [9.17, 15) is 9.59 Å². The number of hydrogen-bond acceptors (Lipinski definition) is 4. The molecule has 0 aromatic heterocycles. The second kappa shape index (κ2) is 11.6. The molecule has 5 heteroatoms. The van der Waals surface area contributed by atoms with E-state index >= 15 is 0 Å². The van der Waals surface area contributed by atoms with E-state index in [2.05, 4.69) is 35.6 Å². The zero-order valence-electron chi connectivity index (χ0n) is 20.4. The second-order valence-electron chi connectivity index (χ2n) is 9.81. The largest absolute Gasteiger partial charge is 0.458 e. The number of aryl methyl sites for hydroxylation is 1. The molecule has 1 atom stereocenters. The average Bonchev–Trinajstić information content (AvgIpc) is 2.86. The van der Waals surface area contributed by atoms with Crippen molar-refractivity contribution in [1.82, 2.24) is 5.32 Å². The fourth-order valence-corrected chi connectivity index (χ4v) is 4.61. The number of rotatable bonds is 10. The first kappa shape index (κ1) is 25.2. The Morgan fingerprint density at radius 3 is 2.39 bits per heavy atom. The SMILES string of the molecule is CCC(C)(CC)OC(=O)[C@H](CCc1ccc2ccccc2c1)NC(=O)C1CCC(CN)CC1.[HH].[HH]. The van der Waals surface area contributed by atoms with Crippen molar-refractivity contribution in [2.45, 2.75) is 83.8 Å². The zero-order valence-corrected chi connectivity index (χ0v) is 20.4. The Labute approximate surface area is 201 Å². The van der Waals surface area contributed by atoms with Gasteiger partial charge in [-0.05, 0) is 87.1 Å². The van der Waals surface area contributed by atoms with Crippen molar-refractivity contribution in [3.05, 3.63) is 48.0 Å². The lowest BCUT2D eigenvalue weighted by atomic mass is 9.81. The number of ether oxygens (including phenoxy) is 1. The van der Waals surface area contributed by atoms with E-state index in [1.807, 2.05) is 32.9 Å². The second-order valence-corrected chi connectivity index (χ2v) is 9.81. The summed E-state index contributed by atoms with van der Waals surface area (Å²) in [6.45, 7) is 6.69. The Balaban J connectivity index is 0.00000306. The van der Waals surface area contributed by atoms with Crippen LogP contribution in [0.4, 0.5) is 0 Å². The quantitative estimate of drug-likeness (QED) is 0.454. The number of benzene rings is 2. The molecule has 1 aliphatic carbocycles. The summed E-state index contributed by atoms with van der Waals surface area (Å²) in [5.41, 5.74) is 6.44. The summed E-state index contributed by atoms with van der Waals surface area (Å²) >= 11 is 0. The van der Waals surface area contributed by atoms with E-state index in [0.29, 0.717) is 25.3 Å². The van der Waals surface area contributed by atoms with E-state index < -0.39 is 11.6 Å². The first-order chi connectivity index (χ1) is 15.9. The van der Waals surface area contributed by atoms with Crippen molar-refractivity contribution in [1.29, 1.82) is 0 Å². The molecule has 1 aliphatic rings. The fourth-order valence-electron chi connectivity index (χ4n) is 4.61. The smallest absolute Gasteiger partial charge is 0.329 e. The van der Waals surface area contributed by atoms with Gasteiger partial charge in [-0.25, -0.2) is 4.79 Å². The van der Waals surface area contributed by atoms with Crippen LogP contribution in [0.1, 0.15) is 74.1 Å². The van der Waals surface area contributed by atoms with Crippen LogP contribution in [0.25, 0.3) is 10.8 Å². The lowest BCUT2D eigenvalue weighted by molar-refractivity contribution is -0.163. The Bertz CT molecular complexity index is 941. The number of esters is 1. The average molecular weight is 457 g/mol. The number of fused-ring (bicyclic) bond motifs is 1. The minimum atomic E-state index is -0.645. The molecule has 0 saturated heterocycles. The first-order valence-electron chi connectivity index (χ1n) is 12.6. The summed E-state index contributed by atoms with van der Waals surface area (Å²) in [5.74, 6) is 0.108. The van der Waals surface area contributed by atoms with Crippen LogP contribution >= 0.6 is 0 Å². The van der Waals surface area contributed by atoms with Gasteiger partial charge in [0.25, 0.3) is 0 Å². The van der Waals surface area contributed by atoms with Crippen LogP contribution in [0.5, 0.6) is 0 Å². The normalized spacial score (nSPS) is 19.8. The van der Waals surface area contributed by atoms with Crippen molar-refractivity contribution in [3.8, 4) is 0 Å². The monoisotopic (exact) mass is 456 g/mol. The van der Waals surface area contributed by atoms with Crippen LogP contribution in [0, 0.1) is 11.8 Å². The van der Waals surface area contributed by atoms with Crippen LogP contribution < -0.4 is 11.1 Å². The van der Waals surface area contributed by atoms with E-state index in [0.717, 1.165) is 44.1 Å². The van der Waals surface area contributed by atoms with Crippen molar-refractivity contribution in [3.63, 3.8) is 0 Å². The van der Waals surface area contributed by atoms with E-state index in [1.165, 1.54) is 10.8 Å². The van der Waals surface area contributed by atoms with Gasteiger partial charge in [0.05, 0.1) is 0 Å². The standard InChI is InChI=1S/C28H40N2O3.2H2/c1-4-28(3,5-2)33-27(32)25(30-26(31)23-15-11-21(19-29)12-16-23)17-13-20-10-14-22-8-6-7-9-24(22)18-20;;/h6-10,14,18,21,23,25H,4-5,11-13,15-17,19,29H2,1-3H3,(H,30,31);2*1H/t21?,23?,25-;;/m0../s1. The molecule has 3 N–H and O–H groups in total. The number of carbonyl (C=O) groups excluding carboxylic acids is 2. The van der Waals surface area contributed by atoms with Crippen molar-refractivity contribution < 1.29 is 17.2 Å². The summed E-state index contributed by atoms with van der Waals surface area (Å²) in [5, 5.41) is 5.43. The Morgan fingerprint density at radius 1 is 1.09 bits per heavy atom. The van der Waals surface area contributed by atoms with Gasteiger partial charge in [0, 0.05) is 8.77 Å². The van der Waals surface area contributed by atoms with Crippen molar-refractivity contribution in [2.24, 2.45) is 17.6 Å². The number of amides is 1. The highest BCUT2D eigenvalue weighted by Gasteiger charge is 2.33. The highest BCUT2D eigenvalue weighted by atomic mass is 16.6. The van der Waals surface area contributed by atoms with Gasteiger partial charge in [0.15, 0.2) is 0 Å². The predicted molar refractivity (Wildman–Crippen MR) is 138 cm³/mol. The van der Waals surface area contributed by atoms with Gasteiger partial charge in [-0.1, -0.05) is 56.3 Å². The zero-order chi connectivity index (χ0) is 23.8. The van der Waals surface area contributed by atoms with Crippen molar-refractivity contribution >= 4 is 22.6 Å². The topological polar surface area (TPSA) is 81.4 Å². The highest BCUT2D eigenvalue weighted by molar-refractivity contribution is 5.86. The summed E-state index contributed by atoms with van der Waals surface area (Å²) in [7, 11) is 0. The molecule has 1 amide bonds. The number of nitrogens with two attached hydrogens (primary N) is 1. The molecule has 0 spiro atoms. The predicted octanol–water partition coefficient (Wildman–Crippen LogP) is 5.64. The van der Waals surface area contributed by atoms with Gasteiger partial charge >= 0.3 is 5.97 Å². The highest BCUT2D eigenvalue weighted by Crippen LogP contribution is 2.29. The van der Waals surface area contributed by atoms with Gasteiger partial charge in [-0.3, -0.25) is 4.79 Å². The maximum Gasteiger partial charge on any atom is 0.329 e.